The molecule has 1 aliphatic rings. The van der Waals surface area contributed by atoms with Crippen LogP contribution in [0.25, 0.3) is 0 Å². The number of aryl methyl sites for hydroxylation is 1. The van der Waals surface area contributed by atoms with Crippen LogP contribution in [0.1, 0.15) is 16.7 Å². The third-order valence-electron chi connectivity index (χ3n) is 3.49. The predicted molar refractivity (Wildman–Crippen MR) is 84.7 cm³/mol. The van der Waals surface area contributed by atoms with Gasteiger partial charge in [0.2, 0.25) is 0 Å². The molecule has 2 rings (SSSR count). The molecule has 2 unspecified atom stereocenters. The van der Waals surface area contributed by atoms with Gasteiger partial charge in [-0.2, -0.15) is 0 Å². The quantitative estimate of drug-likeness (QED) is 0.865. The number of halogens is 1. The van der Waals surface area contributed by atoms with Gasteiger partial charge in [0, 0.05) is 10.2 Å². The summed E-state index contributed by atoms with van der Waals surface area (Å²) in [5, 5.41) is 12.0. The van der Waals surface area contributed by atoms with Gasteiger partial charge in [-0.05, 0) is 43.5 Å². The highest BCUT2D eigenvalue weighted by Gasteiger charge is 2.29. The maximum Gasteiger partial charge on any atom is 0.321 e. The molecular formula is C14H18BrNO3S. The summed E-state index contributed by atoms with van der Waals surface area (Å²) in [4.78, 5) is 10.9. The Morgan fingerprint density at radius 2 is 2.20 bits per heavy atom. The summed E-state index contributed by atoms with van der Waals surface area (Å²) in [5.74, 6) is 0.650. The van der Waals surface area contributed by atoms with Crippen LogP contribution in [-0.4, -0.2) is 34.9 Å². The van der Waals surface area contributed by atoms with Crippen molar-refractivity contribution in [2.24, 2.45) is 0 Å². The molecule has 1 aromatic carbocycles. The molecule has 0 aromatic heterocycles. The minimum Gasteiger partial charge on any atom is -0.491 e. The molecule has 2 N–H and O–H groups in total. The van der Waals surface area contributed by atoms with Crippen molar-refractivity contribution >= 4 is 33.7 Å². The van der Waals surface area contributed by atoms with Gasteiger partial charge in [-0.15, -0.1) is 11.8 Å². The lowest BCUT2D eigenvalue weighted by atomic mass is 10.1. The number of carboxylic acids is 1. The van der Waals surface area contributed by atoms with Gasteiger partial charge < -0.3 is 9.84 Å². The van der Waals surface area contributed by atoms with Crippen molar-refractivity contribution in [3.8, 4) is 5.75 Å². The number of benzene rings is 1. The summed E-state index contributed by atoms with van der Waals surface area (Å²) in [6.45, 7) is 6.59. The van der Waals surface area contributed by atoms with Gasteiger partial charge in [0.15, 0.2) is 0 Å². The van der Waals surface area contributed by atoms with E-state index in [1.807, 2.05) is 19.9 Å². The van der Waals surface area contributed by atoms with Crippen molar-refractivity contribution in [3.63, 3.8) is 0 Å². The number of aliphatic carboxylic acids is 1. The van der Waals surface area contributed by atoms with Crippen molar-refractivity contribution in [3.05, 3.63) is 27.2 Å². The molecule has 0 saturated carbocycles. The number of rotatable bonds is 4. The minimum absolute atomic E-state index is 0.0276. The van der Waals surface area contributed by atoms with Crippen LogP contribution in [0.4, 0.5) is 0 Å². The molecule has 110 valence electrons. The normalized spacial score (nSPS) is 22.0. The maximum absolute atomic E-state index is 10.9. The van der Waals surface area contributed by atoms with Gasteiger partial charge in [-0.3, -0.25) is 10.1 Å². The number of nitrogens with one attached hydrogen (secondary N) is 1. The molecule has 20 heavy (non-hydrogen) atoms. The molecule has 0 amide bonds. The number of thioether (sulfide) groups is 1. The third kappa shape index (κ3) is 3.30. The Hall–Kier alpha value is -0.720. The van der Waals surface area contributed by atoms with Crippen molar-refractivity contribution in [2.75, 3.05) is 12.4 Å². The summed E-state index contributed by atoms with van der Waals surface area (Å²) < 4.78 is 6.98. The lowest BCUT2D eigenvalue weighted by Crippen LogP contribution is -2.38. The molecular weight excluding hydrogens is 342 g/mol. The molecule has 4 nitrogen and oxygen atoms in total. The van der Waals surface area contributed by atoms with E-state index in [2.05, 4.69) is 28.2 Å². The SMILES string of the molecule is Cc1cc(OCC2NC(C(=O)O)CS2)c(C)c(C)c1Br. The Bertz CT molecular complexity index is 536. The van der Waals surface area contributed by atoms with Crippen LogP contribution in [0.2, 0.25) is 0 Å². The zero-order valence-corrected chi connectivity index (χ0v) is 14.1. The van der Waals surface area contributed by atoms with Crippen LogP contribution in [-0.2, 0) is 4.79 Å². The molecule has 1 aliphatic heterocycles. The fourth-order valence-corrected chi connectivity index (χ4v) is 3.60. The standard InChI is InChI=1S/C14H18BrNO3S/c1-7-4-11(8(2)9(3)13(7)15)19-5-12-16-10(6-20-12)14(17)18/h4,10,12,16H,5-6H2,1-3H3,(H,17,18). The predicted octanol–water partition coefficient (Wildman–Crippen LogP) is 2.87. The first kappa shape index (κ1) is 15.7. The van der Waals surface area contributed by atoms with E-state index in [4.69, 9.17) is 9.84 Å². The van der Waals surface area contributed by atoms with Gasteiger partial charge in [0.25, 0.3) is 0 Å². The summed E-state index contributed by atoms with van der Waals surface area (Å²) in [7, 11) is 0. The zero-order valence-electron chi connectivity index (χ0n) is 11.7. The van der Waals surface area contributed by atoms with Crippen molar-refractivity contribution in [1.82, 2.24) is 5.32 Å². The molecule has 0 spiro atoms. The Balaban J connectivity index is 2.00. The first-order valence-electron chi connectivity index (χ1n) is 6.39. The van der Waals surface area contributed by atoms with Crippen LogP contribution in [0.3, 0.4) is 0 Å². The molecule has 1 saturated heterocycles. The number of hydrogen-bond acceptors (Lipinski definition) is 4. The Morgan fingerprint density at radius 1 is 1.50 bits per heavy atom. The summed E-state index contributed by atoms with van der Waals surface area (Å²) in [5.41, 5.74) is 3.43. The third-order valence-corrected chi connectivity index (χ3v) is 5.92. The van der Waals surface area contributed by atoms with Crippen molar-refractivity contribution < 1.29 is 14.6 Å². The van der Waals surface area contributed by atoms with Crippen LogP contribution in [0, 0.1) is 20.8 Å². The Kier molecular flexibility index (Phi) is 4.99. The lowest BCUT2D eigenvalue weighted by molar-refractivity contribution is -0.138. The van der Waals surface area contributed by atoms with E-state index in [1.54, 1.807) is 11.8 Å². The second-order valence-corrected chi connectivity index (χ2v) is 6.97. The molecule has 1 heterocycles. The average molecular weight is 360 g/mol. The van der Waals surface area contributed by atoms with E-state index >= 15 is 0 Å². The lowest BCUT2D eigenvalue weighted by Gasteiger charge is -2.17. The van der Waals surface area contributed by atoms with Gasteiger partial charge in [-0.25, -0.2) is 0 Å². The van der Waals surface area contributed by atoms with E-state index in [0.717, 1.165) is 21.3 Å². The first-order valence-corrected chi connectivity index (χ1v) is 8.24. The van der Waals surface area contributed by atoms with E-state index in [1.165, 1.54) is 5.56 Å². The highest BCUT2D eigenvalue weighted by molar-refractivity contribution is 9.10. The fourth-order valence-electron chi connectivity index (χ4n) is 2.10. The number of hydrogen-bond donors (Lipinski definition) is 2. The minimum atomic E-state index is -0.800. The van der Waals surface area contributed by atoms with E-state index < -0.39 is 12.0 Å². The Labute approximate surface area is 131 Å². The summed E-state index contributed by atoms with van der Waals surface area (Å²) in [6.07, 6.45) is 0. The number of ether oxygens (including phenoxy) is 1. The molecule has 0 bridgehead atoms. The molecule has 2 atom stereocenters. The topological polar surface area (TPSA) is 58.6 Å². The largest absolute Gasteiger partial charge is 0.491 e. The van der Waals surface area contributed by atoms with E-state index in [0.29, 0.717) is 12.4 Å². The first-order chi connectivity index (χ1) is 9.40. The van der Waals surface area contributed by atoms with Crippen molar-refractivity contribution in [2.45, 2.75) is 32.2 Å². The second kappa shape index (κ2) is 6.37. The summed E-state index contributed by atoms with van der Waals surface area (Å²) in [6, 6.07) is 1.55. The van der Waals surface area contributed by atoms with Crippen LogP contribution >= 0.6 is 27.7 Å². The van der Waals surface area contributed by atoms with Gasteiger partial charge in [-0.1, -0.05) is 15.9 Å². The molecule has 1 fully saturated rings. The van der Waals surface area contributed by atoms with E-state index in [9.17, 15) is 4.79 Å². The molecule has 6 heteroatoms. The number of carboxylic acid groups (broad SMARTS) is 1. The van der Waals surface area contributed by atoms with E-state index in [-0.39, 0.29) is 5.37 Å². The van der Waals surface area contributed by atoms with Gasteiger partial charge >= 0.3 is 5.97 Å². The second-order valence-electron chi connectivity index (χ2n) is 4.95. The summed E-state index contributed by atoms with van der Waals surface area (Å²) >= 11 is 5.16. The average Bonchev–Trinajstić information content (AvgIpc) is 2.88. The highest BCUT2D eigenvalue weighted by Crippen LogP contribution is 2.31. The van der Waals surface area contributed by atoms with Crippen LogP contribution in [0.5, 0.6) is 5.75 Å². The molecule has 0 radical (unpaired) electrons. The van der Waals surface area contributed by atoms with Gasteiger partial charge in [0.1, 0.15) is 18.4 Å². The van der Waals surface area contributed by atoms with Crippen molar-refractivity contribution in [1.29, 1.82) is 0 Å². The molecule has 1 aromatic rings. The van der Waals surface area contributed by atoms with Crippen LogP contribution < -0.4 is 10.1 Å². The smallest absolute Gasteiger partial charge is 0.321 e. The Morgan fingerprint density at radius 3 is 2.80 bits per heavy atom. The van der Waals surface area contributed by atoms with Gasteiger partial charge in [0.05, 0.1) is 5.37 Å². The zero-order chi connectivity index (χ0) is 14.9. The maximum atomic E-state index is 10.9. The fraction of sp³-hybridized carbons (Fsp3) is 0.500. The molecule has 0 aliphatic carbocycles. The van der Waals surface area contributed by atoms with Crippen LogP contribution in [0.15, 0.2) is 10.5 Å². The monoisotopic (exact) mass is 359 g/mol. The number of carbonyl (C=O) groups is 1. The highest BCUT2D eigenvalue weighted by atomic mass is 79.9.